The molecular weight excluding hydrogens is 254 g/mol. The van der Waals surface area contributed by atoms with Crippen molar-refractivity contribution >= 4 is 21.7 Å². The highest BCUT2D eigenvalue weighted by molar-refractivity contribution is 9.10. The SMILES string of the molecule is C=CCC(N)C(=O)Cc1ccccc1Br. The summed E-state index contributed by atoms with van der Waals surface area (Å²) in [7, 11) is 0. The van der Waals surface area contributed by atoms with Gasteiger partial charge >= 0.3 is 0 Å². The summed E-state index contributed by atoms with van der Waals surface area (Å²) in [5.74, 6) is 0.0433. The quantitative estimate of drug-likeness (QED) is 0.833. The Morgan fingerprint density at radius 1 is 1.53 bits per heavy atom. The average molecular weight is 268 g/mol. The fraction of sp³-hybridized carbons (Fsp3) is 0.250. The summed E-state index contributed by atoms with van der Waals surface area (Å²) in [6, 6.07) is 7.23. The molecule has 0 saturated carbocycles. The van der Waals surface area contributed by atoms with Crippen molar-refractivity contribution in [3.05, 3.63) is 47.0 Å². The highest BCUT2D eigenvalue weighted by Crippen LogP contribution is 2.17. The van der Waals surface area contributed by atoms with Gasteiger partial charge < -0.3 is 5.73 Å². The van der Waals surface area contributed by atoms with Crippen LogP contribution in [0.3, 0.4) is 0 Å². The third kappa shape index (κ3) is 3.61. The topological polar surface area (TPSA) is 43.1 Å². The maximum absolute atomic E-state index is 11.7. The second kappa shape index (κ2) is 5.83. The zero-order chi connectivity index (χ0) is 11.3. The van der Waals surface area contributed by atoms with Crippen LogP contribution in [0.2, 0.25) is 0 Å². The lowest BCUT2D eigenvalue weighted by Crippen LogP contribution is -2.31. The van der Waals surface area contributed by atoms with Gasteiger partial charge in [0, 0.05) is 10.9 Å². The largest absolute Gasteiger partial charge is 0.321 e. The van der Waals surface area contributed by atoms with Crippen LogP contribution in [0, 0.1) is 0 Å². The van der Waals surface area contributed by atoms with E-state index in [0.29, 0.717) is 12.8 Å². The van der Waals surface area contributed by atoms with E-state index in [1.165, 1.54) is 0 Å². The van der Waals surface area contributed by atoms with Crippen LogP contribution >= 0.6 is 15.9 Å². The van der Waals surface area contributed by atoms with Gasteiger partial charge in [-0.2, -0.15) is 0 Å². The van der Waals surface area contributed by atoms with E-state index >= 15 is 0 Å². The second-order valence-corrected chi connectivity index (χ2v) is 4.22. The molecule has 2 N–H and O–H groups in total. The number of hydrogen-bond donors (Lipinski definition) is 1. The first kappa shape index (κ1) is 12.1. The third-order valence-corrected chi connectivity index (χ3v) is 2.93. The van der Waals surface area contributed by atoms with Gasteiger partial charge in [-0.3, -0.25) is 4.79 Å². The third-order valence-electron chi connectivity index (χ3n) is 2.16. The number of ketones is 1. The van der Waals surface area contributed by atoms with Crippen molar-refractivity contribution in [1.29, 1.82) is 0 Å². The van der Waals surface area contributed by atoms with Gasteiger partial charge in [-0.05, 0) is 18.1 Å². The van der Waals surface area contributed by atoms with Crippen LogP contribution in [0.5, 0.6) is 0 Å². The van der Waals surface area contributed by atoms with Crippen LogP contribution in [0.25, 0.3) is 0 Å². The van der Waals surface area contributed by atoms with Gasteiger partial charge in [0.1, 0.15) is 0 Å². The van der Waals surface area contributed by atoms with Crippen LogP contribution in [0.4, 0.5) is 0 Å². The summed E-state index contributed by atoms with van der Waals surface area (Å²) in [4.78, 5) is 11.7. The molecule has 2 nitrogen and oxygen atoms in total. The van der Waals surface area contributed by atoms with Gasteiger partial charge in [-0.1, -0.05) is 40.2 Å². The van der Waals surface area contributed by atoms with E-state index in [0.717, 1.165) is 10.0 Å². The fourth-order valence-corrected chi connectivity index (χ4v) is 1.70. The number of Topliss-reactive ketones (excluding diaryl/α,β-unsaturated/α-hetero) is 1. The molecule has 3 heteroatoms. The van der Waals surface area contributed by atoms with E-state index < -0.39 is 6.04 Å². The van der Waals surface area contributed by atoms with Crippen molar-refractivity contribution < 1.29 is 4.79 Å². The standard InChI is InChI=1S/C12H14BrNO/c1-2-5-11(14)12(15)8-9-6-3-4-7-10(9)13/h2-4,6-7,11H,1,5,8,14H2. The molecule has 0 aliphatic carbocycles. The molecule has 0 aliphatic heterocycles. The summed E-state index contributed by atoms with van der Waals surface area (Å²) in [5.41, 5.74) is 6.66. The molecule has 0 saturated heterocycles. The molecule has 0 aromatic heterocycles. The molecule has 1 atom stereocenters. The number of halogens is 1. The van der Waals surface area contributed by atoms with Crippen molar-refractivity contribution in [3.63, 3.8) is 0 Å². The Kier molecular flexibility index (Phi) is 4.72. The van der Waals surface area contributed by atoms with E-state index in [1.807, 2.05) is 24.3 Å². The second-order valence-electron chi connectivity index (χ2n) is 3.37. The minimum Gasteiger partial charge on any atom is -0.321 e. The molecule has 15 heavy (non-hydrogen) atoms. The maximum atomic E-state index is 11.7. The average Bonchev–Trinajstić information content (AvgIpc) is 2.21. The van der Waals surface area contributed by atoms with Gasteiger partial charge in [0.25, 0.3) is 0 Å². The molecule has 80 valence electrons. The van der Waals surface area contributed by atoms with Crippen molar-refractivity contribution in [3.8, 4) is 0 Å². The van der Waals surface area contributed by atoms with Crippen LogP contribution < -0.4 is 5.73 Å². The van der Waals surface area contributed by atoms with Gasteiger partial charge in [-0.15, -0.1) is 6.58 Å². The van der Waals surface area contributed by atoms with Crippen molar-refractivity contribution in [1.82, 2.24) is 0 Å². The molecular formula is C12H14BrNO. The molecule has 0 bridgehead atoms. The smallest absolute Gasteiger partial charge is 0.154 e. The lowest BCUT2D eigenvalue weighted by molar-refractivity contribution is -0.119. The Balaban J connectivity index is 2.66. The van der Waals surface area contributed by atoms with Crippen LogP contribution in [0.15, 0.2) is 41.4 Å². The highest BCUT2D eigenvalue weighted by atomic mass is 79.9. The number of hydrogen-bond acceptors (Lipinski definition) is 2. The lowest BCUT2D eigenvalue weighted by Gasteiger charge is -2.08. The molecule has 0 fully saturated rings. The molecule has 1 rings (SSSR count). The van der Waals surface area contributed by atoms with Gasteiger partial charge in [0.2, 0.25) is 0 Å². The summed E-state index contributed by atoms with van der Waals surface area (Å²) in [6.45, 7) is 3.57. The van der Waals surface area contributed by atoms with Crippen LogP contribution in [0.1, 0.15) is 12.0 Å². The zero-order valence-corrected chi connectivity index (χ0v) is 10.0. The molecule has 0 amide bonds. The minimum atomic E-state index is -0.436. The fourth-order valence-electron chi connectivity index (χ4n) is 1.27. The molecule has 0 aliphatic rings. The van der Waals surface area contributed by atoms with Crippen molar-refractivity contribution in [2.45, 2.75) is 18.9 Å². The molecule has 1 unspecified atom stereocenters. The summed E-state index contributed by atoms with van der Waals surface area (Å²) < 4.78 is 0.948. The number of rotatable bonds is 5. The molecule has 0 heterocycles. The van der Waals surface area contributed by atoms with Crippen molar-refractivity contribution in [2.24, 2.45) is 5.73 Å². The Bertz CT molecular complexity index is 362. The molecule has 0 radical (unpaired) electrons. The van der Waals surface area contributed by atoms with Crippen LogP contribution in [-0.4, -0.2) is 11.8 Å². The first-order chi connectivity index (χ1) is 7.15. The Morgan fingerprint density at radius 2 is 2.20 bits per heavy atom. The predicted octanol–water partition coefficient (Wildman–Crippen LogP) is 2.46. The first-order valence-electron chi connectivity index (χ1n) is 4.77. The number of carbonyl (C=O) groups excluding carboxylic acids is 1. The molecule has 0 spiro atoms. The minimum absolute atomic E-state index is 0.0433. The Hall–Kier alpha value is -0.930. The van der Waals surface area contributed by atoms with E-state index in [4.69, 9.17) is 5.73 Å². The normalized spacial score (nSPS) is 12.1. The van der Waals surface area contributed by atoms with Gasteiger partial charge in [0.05, 0.1) is 6.04 Å². The zero-order valence-electron chi connectivity index (χ0n) is 8.45. The monoisotopic (exact) mass is 267 g/mol. The van der Waals surface area contributed by atoms with E-state index in [1.54, 1.807) is 6.08 Å². The van der Waals surface area contributed by atoms with E-state index in [9.17, 15) is 4.79 Å². The highest BCUT2D eigenvalue weighted by Gasteiger charge is 2.13. The van der Waals surface area contributed by atoms with E-state index in [-0.39, 0.29) is 5.78 Å². The summed E-state index contributed by atoms with van der Waals surface area (Å²) in [6.07, 6.45) is 2.57. The number of benzene rings is 1. The van der Waals surface area contributed by atoms with Gasteiger partial charge in [0.15, 0.2) is 5.78 Å². The number of carbonyl (C=O) groups is 1. The lowest BCUT2D eigenvalue weighted by atomic mass is 10.0. The summed E-state index contributed by atoms with van der Waals surface area (Å²) in [5, 5.41) is 0. The van der Waals surface area contributed by atoms with Crippen molar-refractivity contribution in [2.75, 3.05) is 0 Å². The summed E-state index contributed by atoms with van der Waals surface area (Å²) >= 11 is 3.40. The number of nitrogens with two attached hydrogens (primary N) is 1. The van der Waals surface area contributed by atoms with Crippen LogP contribution in [-0.2, 0) is 11.2 Å². The Labute approximate surface area is 98.3 Å². The maximum Gasteiger partial charge on any atom is 0.154 e. The Morgan fingerprint density at radius 3 is 2.80 bits per heavy atom. The van der Waals surface area contributed by atoms with E-state index in [2.05, 4.69) is 22.5 Å². The molecule has 1 aromatic carbocycles. The molecule has 1 aromatic rings. The van der Waals surface area contributed by atoms with Gasteiger partial charge in [-0.25, -0.2) is 0 Å². The first-order valence-corrected chi connectivity index (χ1v) is 5.57. The predicted molar refractivity (Wildman–Crippen MR) is 65.6 cm³/mol.